The molecule has 17 heavy (non-hydrogen) atoms. The molecule has 0 amide bonds. The molecule has 2 atom stereocenters. The zero-order valence-electron chi connectivity index (χ0n) is 10.1. The van der Waals surface area contributed by atoms with E-state index in [9.17, 15) is 0 Å². The Kier molecular flexibility index (Phi) is 4.82. The number of thiophene rings is 1. The smallest absolute Gasteiger partial charge is 0.0931 e. The lowest BCUT2D eigenvalue weighted by Gasteiger charge is -2.37. The van der Waals surface area contributed by atoms with Crippen molar-refractivity contribution in [3.63, 3.8) is 0 Å². The molecule has 1 saturated heterocycles. The van der Waals surface area contributed by atoms with Crippen LogP contribution < -0.4 is 5.73 Å². The molecule has 96 valence electrons. The first-order valence-electron chi connectivity index (χ1n) is 6.05. The van der Waals surface area contributed by atoms with Crippen molar-refractivity contribution in [3.8, 4) is 0 Å². The van der Waals surface area contributed by atoms with Crippen molar-refractivity contribution in [2.45, 2.75) is 25.4 Å². The Labute approximate surface area is 112 Å². The number of ether oxygens (including phenoxy) is 1. The van der Waals surface area contributed by atoms with Crippen molar-refractivity contribution in [1.82, 2.24) is 4.90 Å². The summed E-state index contributed by atoms with van der Waals surface area (Å²) >= 11 is 7.66. The molecule has 1 aliphatic heterocycles. The summed E-state index contributed by atoms with van der Waals surface area (Å²) in [6.07, 6.45) is 0.970. The molecule has 2 heterocycles. The van der Waals surface area contributed by atoms with Gasteiger partial charge in [-0.1, -0.05) is 18.5 Å². The van der Waals surface area contributed by atoms with Crippen molar-refractivity contribution in [2.75, 3.05) is 26.3 Å². The Balaban J connectivity index is 2.17. The van der Waals surface area contributed by atoms with Crippen molar-refractivity contribution >= 4 is 22.9 Å². The minimum Gasteiger partial charge on any atom is -0.379 e. The summed E-state index contributed by atoms with van der Waals surface area (Å²) < 4.78 is 6.23. The molecule has 0 aromatic carbocycles. The lowest BCUT2D eigenvalue weighted by molar-refractivity contribution is 0.0109. The highest BCUT2D eigenvalue weighted by Crippen LogP contribution is 2.33. The van der Waals surface area contributed by atoms with Crippen LogP contribution in [-0.4, -0.2) is 37.2 Å². The molecule has 0 radical (unpaired) electrons. The van der Waals surface area contributed by atoms with Gasteiger partial charge in [-0.05, 0) is 18.6 Å². The number of nitrogens with two attached hydrogens (primary N) is 1. The molecule has 2 N–H and O–H groups in total. The van der Waals surface area contributed by atoms with Crippen molar-refractivity contribution < 1.29 is 4.74 Å². The average Bonchev–Trinajstić information content (AvgIpc) is 2.77. The second-order valence-corrected chi connectivity index (χ2v) is 6.05. The Morgan fingerprint density at radius 2 is 2.18 bits per heavy atom. The fourth-order valence-electron chi connectivity index (χ4n) is 2.23. The maximum absolute atomic E-state index is 6.27. The van der Waals surface area contributed by atoms with Crippen LogP contribution in [0.15, 0.2) is 12.1 Å². The average molecular weight is 275 g/mol. The second kappa shape index (κ2) is 6.16. The Hall–Kier alpha value is -0.130. The Morgan fingerprint density at radius 3 is 2.71 bits per heavy atom. The fraction of sp³-hybridized carbons (Fsp3) is 0.667. The van der Waals surface area contributed by atoms with Gasteiger partial charge in [0.25, 0.3) is 0 Å². The van der Waals surface area contributed by atoms with Crippen LogP contribution in [0.25, 0.3) is 0 Å². The minimum atomic E-state index is 0.155. The topological polar surface area (TPSA) is 38.5 Å². The molecule has 0 bridgehead atoms. The number of hydrogen-bond acceptors (Lipinski definition) is 4. The first kappa shape index (κ1) is 13.3. The van der Waals surface area contributed by atoms with E-state index < -0.39 is 0 Å². The number of morpholine rings is 1. The van der Waals surface area contributed by atoms with Gasteiger partial charge in [-0.15, -0.1) is 11.3 Å². The number of hydrogen-bond donors (Lipinski definition) is 1. The number of rotatable bonds is 4. The van der Waals surface area contributed by atoms with Crippen molar-refractivity contribution in [3.05, 3.63) is 21.3 Å². The van der Waals surface area contributed by atoms with Crippen LogP contribution in [0.2, 0.25) is 4.34 Å². The van der Waals surface area contributed by atoms with Crippen LogP contribution in [0.4, 0.5) is 0 Å². The minimum absolute atomic E-state index is 0.155. The maximum atomic E-state index is 6.27. The van der Waals surface area contributed by atoms with Gasteiger partial charge in [0.15, 0.2) is 0 Å². The molecule has 1 aromatic rings. The molecule has 0 saturated carbocycles. The largest absolute Gasteiger partial charge is 0.379 e. The van der Waals surface area contributed by atoms with Crippen LogP contribution in [0.5, 0.6) is 0 Å². The molecule has 5 heteroatoms. The predicted molar refractivity (Wildman–Crippen MR) is 72.7 cm³/mol. The lowest BCUT2D eigenvalue weighted by atomic mass is 10.0. The summed E-state index contributed by atoms with van der Waals surface area (Å²) in [7, 11) is 0. The van der Waals surface area contributed by atoms with Crippen LogP contribution in [0.3, 0.4) is 0 Å². The van der Waals surface area contributed by atoms with Gasteiger partial charge in [-0.25, -0.2) is 0 Å². The quantitative estimate of drug-likeness (QED) is 0.917. The first-order chi connectivity index (χ1) is 8.22. The van der Waals surface area contributed by atoms with Crippen molar-refractivity contribution in [1.29, 1.82) is 0 Å². The van der Waals surface area contributed by atoms with Gasteiger partial charge >= 0.3 is 0 Å². The Bertz CT molecular complexity index is 352. The number of nitrogens with zero attached hydrogens (tertiary/aromatic N) is 1. The molecular formula is C12H19ClN2OS. The molecule has 1 fully saturated rings. The molecule has 2 unspecified atom stereocenters. The summed E-state index contributed by atoms with van der Waals surface area (Å²) in [6.45, 7) is 5.63. The van der Waals surface area contributed by atoms with Crippen LogP contribution in [0.1, 0.15) is 24.3 Å². The van der Waals surface area contributed by atoms with Gasteiger partial charge in [0.1, 0.15) is 0 Å². The first-order valence-corrected chi connectivity index (χ1v) is 7.24. The lowest BCUT2D eigenvalue weighted by Crippen LogP contribution is -2.45. The van der Waals surface area contributed by atoms with Crippen molar-refractivity contribution in [2.24, 2.45) is 5.73 Å². The van der Waals surface area contributed by atoms with Gasteiger partial charge in [-0.2, -0.15) is 0 Å². The zero-order chi connectivity index (χ0) is 12.3. The van der Waals surface area contributed by atoms with Crippen LogP contribution in [-0.2, 0) is 4.74 Å². The number of halogens is 1. The molecule has 1 aliphatic rings. The van der Waals surface area contributed by atoms with E-state index in [1.54, 1.807) is 11.3 Å². The summed E-state index contributed by atoms with van der Waals surface area (Å²) in [5.41, 5.74) is 6.27. The van der Waals surface area contributed by atoms with Gasteiger partial charge in [-0.3, -0.25) is 4.90 Å². The van der Waals surface area contributed by atoms with Gasteiger partial charge in [0.05, 0.1) is 23.6 Å². The van der Waals surface area contributed by atoms with Crippen LogP contribution >= 0.6 is 22.9 Å². The van der Waals surface area contributed by atoms with E-state index >= 15 is 0 Å². The highest BCUT2D eigenvalue weighted by Gasteiger charge is 2.28. The third kappa shape index (κ3) is 3.20. The standard InChI is InChI=1S/C12H19ClN2OS/c1-2-9(14)12(10-3-4-11(13)17-10)15-5-7-16-8-6-15/h3-4,9,12H,2,5-8,14H2,1H3. The molecule has 0 spiro atoms. The van der Waals surface area contributed by atoms with E-state index in [1.807, 2.05) is 6.07 Å². The molecule has 1 aromatic heterocycles. The van der Waals surface area contributed by atoms with E-state index in [-0.39, 0.29) is 12.1 Å². The third-order valence-corrected chi connectivity index (χ3v) is 4.50. The summed E-state index contributed by atoms with van der Waals surface area (Å²) in [5.74, 6) is 0. The summed E-state index contributed by atoms with van der Waals surface area (Å²) in [5, 5.41) is 0. The monoisotopic (exact) mass is 274 g/mol. The molecule has 0 aliphatic carbocycles. The highest BCUT2D eigenvalue weighted by molar-refractivity contribution is 7.16. The van der Waals surface area contributed by atoms with Gasteiger partial charge < -0.3 is 10.5 Å². The van der Waals surface area contributed by atoms with E-state index in [0.717, 1.165) is 37.1 Å². The fourth-order valence-corrected chi connectivity index (χ4v) is 3.50. The van der Waals surface area contributed by atoms with E-state index in [2.05, 4.69) is 17.9 Å². The van der Waals surface area contributed by atoms with Gasteiger partial charge in [0, 0.05) is 24.0 Å². The molecular weight excluding hydrogens is 256 g/mol. The van der Waals surface area contributed by atoms with Crippen LogP contribution in [0, 0.1) is 0 Å². The van der Waals surface area contributed by atoms with E-state index in [4.69, 9.17) is 22.1 Å². The zero-order valence-corrected chi connectivity index (χ0v) is 11.6. The Morgan fingerprint density at radius 1 is 1.47 bits per heavy atom. The summed E-state index contributed by atoms with van der Waals surface area (Å²) in [4.78, 5) is 3.69. The van der Waals surface area contributed by atoms with E-state index in [1.165, 1.54) is 4.88 Å². The maximum Gasteiger partial charge on any atom is 0.0931 e. The third-order valence-electron chi connectivity index (χ3n) is 3.20. The van der Waals surface area contributed by atoms with Gasteiger partial charge in [0.2, 0.25) is 0 Å². The molecule has 3 nitrogen and oxygen atoms in total. The molecule has 2 rings (SSSR count). The van der Waals surface area contributed by atoms with E-state index in [0.29, 0.717) is 0 Å². The highest BCUT2D eigenvalue weighted by atomic mass is 35.5. The second-order valence-electron chi connectivity index (χ2n) is 4.31. The normalized spacial score (nSPS) is 21.4. The predicted octanol–water partition coefficient (Wildman–Crippen LogP) is 2.51. The summed E-state index contributed by atoms with van der Waals surface area (Å²) in [6, 6.07) is 4.49. The SMILES string of the molecule is CCC(N)C(c1ccc(Cl)s1)N1CCOCC1.